The van der Waals surface area contributed by atoms with Crippen molar-refractivity contribution >= 4 is 22.8 Å². The molecule has 3 aromatic rings. The zero-order valence-corrected chi connectivity index (χ0v) is 12.9. The molecule has 3 rings (SSSR count). The van der Waals surface area contributed by atoms with Crippen LogP contribution in [0.15, 0.2) is 36.5 Å². The molecule has 0 atom stereocenters. The Balaban J connectivity index is 1.88. The van der Waals surface area contributed by atoms with Crippen LogP contribution in [-0.4, -0.2) is 33.4 Å². The van der Waals surface area contributed by atoms with Crippen molar-refractivity contribution in [3.8, 4) is 11.4 Å². The molecule has 108 valence electrons. The molecule has 0 aliphatic carbocycles. The zero-order valence-electron chi connectivity index (χ0n) is 12.1. The third kappa shape index (κ3) is 3.06. The van der Waals surface area contributed by atoms with Gasteiger partial charge in [0, 0.05) is 18.3 Å². The lowest BCUT2D eigenvalue weighted by atomic mass is 10.1. The van der Waals surface area contributed by atoms with Crippen molar-refractivity contribution in [3.63, 3.8) is 0 Å². The van der Waals surface area contributed by atoms with Crippen LogP contribution in [0.1, 0.15) is 12.5 Å². The minimum atomic E-state index is 0.607. The van der Waals surface area contributed by atoms with Crippen molar-refractivity contribution in [2.24, 2.45) is 0 Å². The molecule has 0 radical (unpaired) electrons. The Morgan fingerprint density at radius 2 is 2.00 bits per heavy atom. The van der Waals surface area contributed by atoms with Gasteiger partial charge in [0.25, 0.3) is 0 Å². The lowest BCUT2D eigenvalue weighted by Gasteiger charge is -2.13. The van der Waals surface area contributed by atoms with Gasteiger partial charge in [-0.1, -0.05) is 42.8 Å². The predicted octanol–water partition coefficient (Wildman–Crippen LogP) is 3.73. The molecule has 4 nitrogen and oxygen atoms in total. The molecule has 0 saturated carbocycles. The van der Waals surface area contributed by atoms with Gasteiger partial charge in [0.2, 0.25) is 0 Å². The molecule has 2 heterocycles. The van der Waals surface area contributed by atoms with E-state index in [4.69, 9.17) is 11.6 Å². The molecular weight excluding hydrogens is 284 g/mol. The predicted molar refractivity (Wildman–Crippen MR) is 86.3 cm³/mol. The fourth-order valence-corrected chi connectivity index (χ4v) is 2.36. The molecule has 1 N–H and O–H groups in total. The number of nitrogens with zero attached hydrogens (tertiary/aromatic N) is 3. The summed E-state index contributed by atoms with van der Waals surface area (Å²) in [6, 6.07) is 10.3. The average Bonchev–Trinajstić information content (AvgIpc) is 2.90. The smallest absolute Gasteiger partial charge is 0.178 e. The highest BCUT2D eigenvalue weighted by Gasteiger charge is 2.07. The number of aromatic amines is 1. The lowest BCUT2D eigenvalue weighted by Crippen LogP contribution is -2.16. The number of benzene rings is 1. The van der Waals surface area contributed by atoms with Gasteiger partial charge >= 0.3 is 0 Å². The molecule has 5 heteroatoms. The minimum absolute atomic E-state index is 0.607. The van der Waals surface area contributed by atoms with Crippen molar-refractivity contribution in [1.82, 2.24) is 19.9 Å². The Morgan fingerprint density at radius 3 is 2.71 bits per heavy atom. The zero-order chi connectivity index (χ0) is 14.8. The number of hydrogen-bond donors (Lipinski definition) is 1. The summed E-state index contributed by atoms with van der Waals surface area (Å²) in [6.45, 7) is 4.15. The highest BCUT2D eigenvalue weighted by atomic mass is 35.5. The van der Waals surface area contributed by atoms with Gasteiger partial charge in [0.1, 0.15) is 5.82 Å². The first-order chi connectivity index (χ1) is 10.2. The third-order valence-corrected chi connectivity index (χ3v) is 3.73. The van der Waals surface area contributed by atoms with Gasteiger partial charge in [-0.15, -0.1) is 0 Å². The average molecular weight is 301 g/mol. The van der Waals surface area contributed by atoms with Crippen molar-refractivity contribution < 1.29 is 0 Å². The summed E-state index contributed by atoms with van der Waals surface area (Å²) in [6.07, 6.45) is 1.61. The van der Waals surface area contributed by atoms with E-state index in [1.54, 1.807) is 6.20 Å². The third-order valence-electron chi connectivity index (χ3n) is 3.52. The van der Waals surface area contributed by atoms with Crippen molar-refractivity contribution in [2.75, 3.05) is 13.6 Å². The van der Waals surface area contributed by atoms with E-state index < -0.39 is 0 Å². The van der Waals surface area contributed by atoms with Crippen LogP contribution in [0.25, 0.3) is 22.6 Å². The van der Waals surface area contributed by atoms with Crippen molar-refractivity contribution in [1.29, 1.82) is 0 Å². The quantitative estimate of drug-likeness (QED) is 0.798. The largest absolute Gasteiger partial charge is 0.337 e. The summed E-state index contributed by atoms with van der Waals surface area (Å²) in [7, 11) is 2.11. The van der Waals surface area contributed by atoms with Crippen LogP contribution in [-0.2, 0) is 6.54 Å². The fraction of sp³-hybridized carbons (Fsp3) is 0.250. The van der Waals surface area contributed by atoms with E-state index in [2.05, 4.69) is 58.1 Å². The molecule has 2 aromatic heterocycles. The van der Waals surface area contributed by atoms with Crippen molar-refractivity contribution in [2.45, 2.75) is 13.5 Å². The maximum atomic E-state index is 5.94. The molecule has 0 aliphatic rings. The van der Waals surface area contributed by atoms with Crippen LogP contribution in [0.4, 0.5) is 0 Å². The molecule has 0 fully saturated rings. The van der Waals surface area contributed by atoms with Gasteiger partial charge in [0.05, 0.1) is 10.5 Å². The maximum Gasteiger partial charge on any atom is 0.178 e. The number of hydrogen-bond acceptors (Lipinski definition) is 3. The Bertz CT molecular complexity index is 749. The van der Waals surface area contributed by atoms with Crippen LogP contribution in [0, 0.1) is 0 Å². The molecule has 21 heavy (non-hydrogen) atoms. The van der Waals surface area contributed by atoms with E-state index in [-0.39, 0.29) is 0 Å². The molecular formula is C16H17ClN4. The standard InChI is InChI=1S/C16H17ClN4/c1-3-21(2)10-11-4-6-12(7-5-11)15-19-14-8-13(17)9-18-16(14)20-15/h4-9H,3,10H2,1-2H3,(H,18,19,20). The second-order valence-corrected chi connectivity index (χ2v) is 5.57. The number of aromatic nitrogens is 3. The summed E-state index contributed by atoms with van der Waals surface area (Å²) in [5, 5.41) is 0.607. The Labute approximate surface area is 128 Å². The first-order valence-corrected chi connectivity index (χ1v) is 7.32. The van der Waals surface area contributed by atoms with Gasteiger partial charge in [-0.25, -0.2) is 9.97 Å². The molecule has 0 saturated heterocycles. The molecule has 0 aliphatic heterocycles. The normalized spacial score (nSPS) is 11.4. The van der Waals surface area contributed by atoms with Crippen LogP contribution < -0.4 is 0 Å². The first-order valence-electron chi connectivity index (χ1n) is 6.95. The fourth-order valence-electron chi connectivity index (χ4n) is 2.20. The number of H-pyrrole nitrogens is 1. The number of nitrogens with one attached hydrogen (secondary N) is 1. The summed E-state index contributed by atoms with van der Waals surface area (Å²) in [4.78, 5) is 14.2. The van der Waals surface area contributed by atoms with Gasteiger partial charge in [-0.05, 0) is 25.2 Å². The van der Waals surface area contributed by atoms with Crippen LogP contribution in [0.2, 0.25) is 5.02 Å². The SMILES string of the molecule is CCN(C)Cc1ccc(-c2nc3ncc(Cl)cc3[nH]2)cc1. The first kappa shape index (κ1) is 14.0. The number of pyridine rings is 1. The summed E-state index contributed by atoms with van der Waals surface area (Å²) in [5.41, 5.74) is 3.88. The van der Waals surface area contributed by atoms with E-state index in [9.17, 15) is 0 Å². The maximum absolute atomic E-state index is 5.94. The van der Waals surface area contributed by atoms with Gasteiger partial charge in [-0.2, -0.15) is 0 Å². The van der Waals surface area contributed by atoms with Crippen LogP contribution in [0.5, 0.6) is 0 Å². The minimum Gasteiger partial charge on any atom is -0.337 e. The number of rotatable bonds is 4. The van der Waals surface area contributed by atoms with Gasteiger partial charge < -0.3 is 9.88 Å². The molecule has 0 amide bonds. The lowest BCUT2D eigenvalue weighted by molar-refractivity contribution is 0.346. The summed E-state index contributed by atoms with van der Waals surface area (Å²) < 4.78 is 0. The Kier molecular flexibility index (Phi) is 3.90. The molecule has 1 aromatic carbocycles. The van der Waals surface area contributed by atoms with E-state index in [1.807, 2.05) is 6.07 Å². The second-order valence-electron chi connectivity index (χ2n) is 5.14. The number of imidazole rings is 1. The molecule has 0 unspecified atom stereocenters. The summed E-state index contributed by atoms with van der Waals surface area (Å²) in [5.74, 6) is 0.815. The Morgan fingerprint density at radius 1 is 1.24 bits per heavy atom. The number of halogens is 1. The van der Waals surface area contributed by atoms with Gasteiger partial charge in [-0.3, -0.25) is 0 Å². The van der Waals surface area contributed by atoms with E-state index in [0.29, 0.717) is 10.7 Å². The Hall–Kier alpha value is -1.91. The highest BCUT2D eigenvalue weighted by Crippen LogP contribution is 2.21. The topological polar surface area (TPSA) is 44.8 Å². The van der Waals surface area contributed by atoms with Crippen LogP contribution in [0.3, 0.4) is 0 Å². The van der Waals surface area contributed by atoms with Gasteiger partial charge in [0.15, 0.2) is 5.65 Å². The van der Waals surface area contributed by atoms with Crippen molar-refractivity contribution in [3.05, 3.63) is 47.1 Å². The van der Waals surface area contributed by atoms with E-state index >= 15 is 0 Å². The van der Waals surface area contributed by atoms with Crippen LogP contribution >= 0.6 is 11.6 Å². The second kappa shape index (κ2) is 5.84. The number of fused-ring (bicyclic) bond motifs is 1. The molecule has 0 bridgehead atoms. The van der Waals surface area contributed by atoms with E-state index in [0.717, 1.165) is 30.0 Å². The highest BCUT2D eigenvalue weighted by molar-refractivity contribution is 6.31. The molecule has 0 spiro atoms. The monoisotopic (exact) mass is 300 g/mol. The van der Waals surface area contributed by atoms with E-state index in [1.165, 1.54) is 5.56 Å². The summed E-state index contributed by atoms with van der Waals surface area (Å²) >= 11 is 5.94.